The summed E-state index contributed by atoms with van der Waals surface area (Å²) in [4.78, 5) is 25.6. The van der Waals surface area contributed by atoms with E-state index in [-0.39, 0.29) is 5.91 Å². The summed E-state index contributed by atoms with van der Waals surface area (Å²) >= 11 is 5.99. The van der Waals surface area contributed by atoms with Gasteiger partial charge in [-0.1, -0.05) is 11.6 Å². The molecule has 2 fully saturated rings. The summed E-state index contributed by atoms with van der Waals surface area (Å²) in [6.07, 6.45) is 3.49. The lowest BCUT2D eigenvalue weighted by atomic mass is 10.2. The number of rotatable bonds is 2. The highest BCUT2D eigenvalue weighted by atomic mass is 35.5. The fourth-order valence-corrected chi connectivity index (χ4v) is 3.44. The van der Waals surface area contributed by atoms with Crippen molar-refractivity contribution in [3.63, 3.8) is 0 Å². The molecule has 3 heterocycles. The van der Waals surface area contributed by atoms with Crippen molar-refractivity contribution in [1.82, 2.24) is 14.9 Å². The maximum absolute atomic E-state index is 12.6. The molecule has 6 nitrogen and oxygen atoms in total. The van der Waals surface area contributed by atoms with Crippen LogP contribution in [0.25, 0.3) is 11.0 Å². The Morgan fingerprint density at radius 1 is 1.21 bits per heavy atom. The number of nitrogens with zero attached hydrogens (tertiary/aromatic N) is 4. The SMILES string of the molecule is O=C(C1CN(c2cnc3cc(Cl)ccc3n2)CCO1)N1CCCC1. The van der Waals surface area contributed by atoms with Gasteiger partial charge in [0.05, 0.1) is 30.4 Å². The number of morpholine rings is 1. The molecule has 0 saturated carbocycles. The molecule has 4 rings (SSSR count). The van der Waals surface area contributed by atoms with Gasteiger partial charge < -0.3 is 14.5 Å². The van der Waals surface area contributed by atoms with Gasteiger partial charge in [-0.15, -0.1) is 0 Å². The fraction of sp³-hybridized carbons (Fsp3) is 0.471. The van der Waals surface area contributed by atoms with Crippen molar-refractivity contribution in [2.75, 3.05) is 37.7 Å². The van der Waals surface area contributed by atoms with E-state index in [2.05, 4.69) is 14.9 Å². The summed E-state index contributed by atoms with van der Waals surface area (Å²) in [7, 11) is 0. The Morgan fingerprint density at radius 3 is 2.88 bits per heavy atom. The number of anilines is 1. The molecule has 2 aliphatic heterocycles. The summed E-state index contributed by atoms with van der Waals surface area (Å²) in [6.45, 7) is 3.43. The van der Waals surface area contributed by atoms with Crippen LogP contribution >= 0.6 is 11.6 Å². The first kappa shape index (κ1) is 15.6. The van der Waals surface area contributed by atoms with Crippen molar-refractivity contribution in [1.29, 1.82) is 0 Å². The Bertz CT molecular complexity index is 763. The van der Waals surface area contributed by atoms with Crippen LogP contribution in [0.3, 0.4) is 0 Å². The molecule has 2 aliphatic rings. The predicted octanol–water partition coefficient (Wildman–Crippen LogP) is 2.11. The number of hydrogen-bond acceptors (Lipinski definition) is 5. The van der Waals surface area contributed by atoms with Crippen molar-refractivity contribution in [2.45, 2.75) is 18.9 Å². The fourth-order valence-electron chi connectivity index (χ4n) is 3.27. The van der Waals surface area contributed by atoms with Crippen LogP contribution in [0.15, 0.2) is 24.4 Å². The molecule has 1 amide bonds. The normalized spacial score (nSPS) is 21.5. The molecule has 126 valence electrons. The van der Waals surface area contributed by atoms with Gasteiger partial charge in [0.2, 0.25) is 0 Å². The highest BCUT2D eigenvalue weighted by Gasteiger charge is 2.32. The van der Waals surface area contributed by atoms with Crippen molar-refractivity contribution in [2.24, 2.45) is 0 Å². The molecule has 0 radical (unpaired) electrons. The lowest BCUT2D eigenvalue weighted by Gasteiger charge is -2.34. The molecule has 7 heteroatoms. The zero-order chi connectivity index (χ0) is 16.5. The highest BCUT2D eigenvalue weighted by Crippen LogP contribution is 2.21. The van der Waals surface area contributed by atoms with Gasteiger partial charge in [-0.25, -0.2) is 4.98 Å². The van der Waals surface area contributed by atoms with Gasteiger partial charge in [0.15, 0.2) is 6.10 Å². The van der Waals surface area contributed by atoms with Crippen LogP contribution in [0.2, 0.25) is 5.02 Å². The lowest BCUT2D eigenvalue weighted by Crippen LogP contribution is -2.50. The van der Waals surface area contributed by atoms with E-state index in [0.29, 0.717) is 24.7 Å². The second-order valence-electron chi connectivity index (χ2n) is 6.20. The minimum atomic E-state index is -0.417. The van der Waals surface area contributed by atoms with E-state index >= 15 is 0 Å². The Balaban J connectivity index is 1.53. The second kappa shape index (κ2) is 6.53. The van der Waals surface area contributed by atoms with Crippen LogP contribution in [-0.4, -0.2) is 59.7 Å². The van der Waals surface area contributed by atoms with Gasteiger partial charge in [0.1, 0.15) is 5.82 Å². The second-order valence-corrected chi connectivity index (χ2v) is 6.64. The van der Waals surface area contributed by atoms with E-state index in [4.69, 9.17) is 16.3 Å². The van der Waals surface area contributed by atoms with Crippen LogP contribution < -0.4 is 4.90 Å². The van der Waals surface area contributed by atoms with E-state index in [1.807, 2.05) is 11.0 Å². The summed E-state index contributed by atoms with van der Waals surface area (Å²) in [5.41, 5.74) is 1.56. The molecule has 1 atom stereocenters. The van der Waals surface area contributed by atoms with Crippen LogP contribution in [-0.2, 0) is 9.53 Å². The number of hydrogen-bond donors (Lipinski definition) is 0. The molecule has 0 bridgehead atoms. The zero-order valence-corrected chi connectivity index (χ0v) is 14.1. The summed E-state index contributed by atoms with van der Waals surface area (Å²) in [5, 5.41) is 0.646. The van der Waals surface area contributed by atoms with Gasteiger partial charge in [-0.3, -0.25) is 9.78 Å². The quantitative estimate of drug-likeness (QED) is 0.833. The maximum Gasteiger partial charge on any atom is 0.253 e. The molecule has 24 heavy (non-hydrogen) atoms. The molecule has 0 aliphatic carbocycles. The molecule has 1 aromatic carbocycles. The number of halogens is 1. The lowest BCUT2D eigenvalue weighted by molar-refractivity contribution is -0.143. The molecule has 2 saturated heterocycles. The number of amides is 1. The first-order valence-corrected chi connectivity index (χ1v) is 8.66. The minimum absolute atomic E-state index is 0.0951. The number of carbonyl (C=O) groups is 1. The van der Waals surface area contributed by atoms with E-state index in [1.165, 1.54) is 0 Å². The summed E-state index contributed by atoms with van der Waals surface area (Å²) in [6, 6.07) is 5.47. The maximum atomic E-state index is 12.6. The van der Waals surface area contributed by atoms with Gasteiger partial charge in [-0.2, -0.15) is 0 Å². The Labute approximate surface area is 145 Å². The van der Waals surface area contributed by atoms with Crippen LogP contribution in [0, 0.1) is 0 Å². The number of carbonyl (C=O) groups excluding carboxylic acids is 1. The van der Waals surface area contributed by atoms with E-state index in [1.54, 1.807) is 18.3 Å². The monoisotopic (exact) mass is 346 g/mol. The number of fused-ring (bicyclic) bond motifs is 1. The van der Waals surface area contributed by atoms with Crippen molar-refractivity contribution in [3.8, 4) is 0 Å². The Kier molecular flexibility index (Phi) is 4.24. The van der Waals surface area contributed by atoms with Gasteiger partial charge in [0.25, 0.3) is 5.91 Å². The standard InChI is InChI=1S/C17H19ClN4O2/c18-12-3-4-13-14(9-12)19-10-16(20-13)22-7-8-24-15(11-22)17(23)21-5-1-2-6-21/h3-4,9-10,15H,1-2,5-8,11H2. The number of benzene rings is 1. The highest BCUT2D eigenvalue weighted by molar-refractivity contribution is 6.31. The van der Waals surface area contributed by atoms with E-state index < -0.39 is 6.10 Å². The third-order valence-electron chi connectivity index (χ3n) is 4.58. The summed E-state index contributed by atoms with van der Waals surface area (Å²) < 4.78 is 5.71. The molecule has 2 aromatic rings. The average molecular weight is 347 g/mol. The molecule has 0 spiro atoms. The van der Waals surface area contributed by atoms with Crippen molar-refractivity contribution >= 4 is 34.4 Å². The zero-order valence-electron chi connectivity index (χ0n) is 13.3. The Morgan fingerprint density at radius 2 is 2.04 bits per heavy atom. The third-order valence-corrected chi connectivity index (χ3v) is 4.81. The molecular formula is C17H19ClN4O2. The van der Waals surface area contributed by atoms with Gasteiger partial charge >= 0.3 is 0 Å². The van der Waals surface area contributed by atoms with Crippen molar-refractivity contribution < 1.29 is 9.53 Å². The van der Waals surface area contributed by atoms with E-state index in [9.17, 15) is 4.79 Å². The largest absolute Gasteiger partial charge is 0.365 e. The summed E-state index contributed by atoms with van der Waals surface area (Å²) in [5.74, 6) is 0.866. The molecular weight excluding hydrogens is 328 g/mol. The van der Waals surface area contributed by atoms with Crippen LogP contribution in [0.4, 0.5) is 5.82 Å². The first-order chi connectivity index (χ1) is 11.7. The number of ether oxygens (including phenoxy) is 1. The smallest absolute Gasteiger partial charge is 0.253 e. The van der Waals surface area contributed by atoms with Crippen molar-refractivity contribution in [3.05, 3.63) is 29.4 Å². The van der Waals surface area contributed by atoms with E-state index in [0.717, 1.165) is 42.8 Å². The molecule has 1 unspecified atom stereocenters. The average Bonchev–Trinajstić information content (AvgIpc) is 3.15. The van der Waals surface area contributed by atoms with Crippen LogP contribution in [0.5, 0.6) is 0 Å². The number of likely N-dealkylation sites (tertiary alicyclic amines) is 1. The topological polar surface area (TPSA) is 58.6 Å². The molecule has 1 aromatic heterocycles. The predicted molar refractivity (Wildman–Crippen MR) is 92.3 cm³/mol. The van der Waals surface area contributed by atoms with Gasteiger partial charge in [0, 0.05) is 24.7 Å². The van der Waals surface area contributed by atoms with Crippen LogP contribution in [0.1, 0.15) is 12.8 Å². The Hall–Kier alpha value is -1.92. The third kappa shape index (κ3) is 3.03. The first-order valence-electron chi connectivity index (χ1n) is 8.28. The minimum Gasteiger partial charge on any atom is -0.365 e. The molecule has 0 N–H and O–H groups in total. The number of aromatic nitrogens is 2. The van der Waals surface area contributed by atoms with Gasteiger partial charge in [-0.05, 0) is 31.0 Å².